The molecule has 29 heavy (non-hydrogen) atoms. The first kappa shape index (κ1) is 19.3. The van der Waals surface area contributed by atoms with Gasteiger partial charge in [-0.25, -0.2) is 9.37 Å². The summed E-state index contributed by atoms with van der Waals surface area (Å²) in [4.78, 5) is 8.82. The third-order valence-corrected chi connectivity index (χ3v) is 5.34. The maximum atomic E-state index is 13.3. The van der Waals surface area contributed by atoms with Gasteiger partial charge in [-0.15, -0.1) is 0 Å². The summed E-state index contributed by atoms with van der Waals surface area (Å²) in [5.41, 5.74) is 9.83. The summed E-state index contributed by atoms with van der Waals surface area (Å²) in [5, 5.41) is 6.85. The number of nitrogens with zero attached hydrogens (tertiary/aromatic N) is 2. The Balaban J connectivity index is 1.43. The van der Waals surface area contributed by atoms with E-state index in [0.29, 0.717) is 18.6 Å². The second kappa shape index (κ2) is 9.01. The van der Waals surface area contributed by atoms with Crippen LogP contribution in [0, 0.1) is 5.82 Å². The number of pyridine rings is 2. The molecule has 0 bridgehead atoms. The van der Waals surface area contributed by atoms with Crippen LogP contribution in [0.1, 0.15) is 31.2 Å². The standard InChI is InChI=1S/C23H26FN5/c24-19-3-1-2-16(10-19)13-28-22-11-18(14-26-15-22)17-8-9-27-23(12-17)29-21-6-4-20(25)5-7-21/h1-3,8-12,14-15,20-21,28H,4-7,13,25H2,(H,27,29). The maximum Gasteiger partial charge on any atom is 0.126 e. The van der Waals surface area contributed by atoms with Crippen molar-refractivity contribution in [1.82, 2.24) is 9.97 Å². The third kappa shape index (κ3) is 5.29. The molecule has 1 aliphatic rings. The van der Waals surface area contributed by atoms with Gasteiger partial charge < -0.3 is 16.4 Å². The smallest absolute Gasteiger partial charge is 0.126 e. The molecule has 0 spiro atoms. The molecule has 1 aromatic carbocycles. The summed E-state index contributed by atoms with van der Waals surface area (Å²) in [6.07, 6.45) is 9.70. The Morgan fingerprint density at radius 1 is 1.00 bits per heavy atom. The van der Waals surface area contributed by atoms with Crippen molar-refractivity contribution >= 4 is 11.5 Å². The average molecular weight is 391 g/mol. The second-order valence-corrected chi connectivity index (χ2v) is 7.63. The van der Waals surface area contributed by atoms with E-state index in [2.05, 4.69) is 26.7 Å². The number of halogens is 1. The summed E-state index contributed by atoms with van der Waals surface area (Å²) in [6.45, 7) is 0.538. The summed E-state index contributed by atoms with van der Waals surface area (Å²) >= 11 is 0. The fourth-order valence-corrected chi connectivity index (χ4v) is 3.71. The Morgan fingerprint density at radius 3 is 2.69 bits per heavy atom. The number of hydrogen-bond donors (Lipinski definition) is 3. The van der Waals surface area contributed by atoms with Crippen LogP contribution in [0.5, 0.6) is 0 Å². The molecule has 0 atom stereocenters. The first-order chi connectivity index (χ1) is 14.2. The summed E-state index contributed by atoms with van der Waals surface area (Å²) < 4.78 is 13.3. The van der Waals surface area contributed by atoms with Gasteiger partial charge in [-0.05, 0) is 67.1 Å². The zero-order valence-electron chi connectivity index (χ0n) is 16.3. The van der Waals surface area contributed by atoms with Crippen LogP contribution in [-0.2, 0) is 6.54 Å². The molecule has 6 heteroatoms. The van der Waals surface area contributed by atoms with Crippen LogP contribution in [0.3, 0.4) is 0 Å². The molecule has 4 N–H and O–H groups in total. The number of benzene rings is 1. The van der Waals surface area contributed by atoms with Crippen LogP contribution >= 0.6 is 0 Å². The molecule has 0 saturated heterocycles. The van der Waals surface area contributed by atoms with E-state index in [1.807, 2.05) is 30.6 Å². The first-order valence-corrected chi connectivity index (χ1v) is 10.1. The van der Waals surface area contributed by atoms with Crippen molar-refractivity contribution in [1.29, 1.82) is 0 Å². The number of hydrogen-bond acceptors (Lipinski definition) is 5. The number of aromatic nitrogens is 2. The van der Waals surface area contributed by atoms with Gasteiger partial charge in [0, 0.05) is 42.8 Å². The Hall–Kier alpha value is -2.99. The zero-order chi connectivity index (χ0) is 20.1. The number of rotatable bonds is 6. The van der Waals surface area contributed by atoms with Crippen LogP contribution in [0.4, 0.5) is 15.9 Å². The Morgan fingerprint density at radius 2 is 1.86 bits per heavy atom. The van der Waals surface area contributed by atoms with Crippen LogP contribution in [0.2, 0.25) is 0 Å². The molecular formula is C23H26FN5. The van der Waals surface area contributed by atoms with Gasteiger partial charge in [-0.2, -0.15) is 0 Å². The minimum Gasteiger partial charge on any atom is -0.380 e. The highest BCUT2D eigenvalue weighted by Crippen LogP contribution is 2.25. The van der Waals surface area contributed by atoms with Crippen molar-refractivity contribution in [2.45, 2.75) is 44.3 Å². The maximum absolute atomic E-state index is 13.3. The molecule has 0 unspecified atom stereocenters. The monoisotopic (exact) mass is 391 g/mol. The van der Waals surface area contributed by atoms with Gasteiger partial charge in [0.25, 0.3) is 0 Å². The molecule has 0 amide bonds. The van der Waals surface area contributed by atoms with Crippen LogP contribution in [0.15, 0.2) is 61.1 Å². The fraction of sp³-hybridized carbons (Fsp3) is 0.304. The Bertz CT molecular complexity index is 953. The molecule has 0 aliphatic heterocycles. The normalized spacial score (nSPS) is 19.0. The van der Waals surface area contributed by atoms with Gasteiger partial charge >= 0.3 is 0 Å². The molecule has 1 aliphatic carbocycles. The molecule has 150 valence electrons. The minimum absolute atomic E-state index is 0.229. The number of anilines is 2. The fourth-order valence-electron chi connectivity index (χ4n) is 3.71. The van der Waals surface area contributed by atoms with E-state index in [1.165, 1.54) is 12.1 Å². The van der Waals surface area contributed by atoms with Crippen LogP contribution in [0.25, 0.3) is 11.1 Å². The summed E-state index contributed by atoms with van der Waals surface area (Å²) in [5.74, 6) is 0.647. The van der Waals surface area contributed by atoms with Gasteiger partial charge in [0.1, 0.15) is 11.6 Å². The van der Waals surface area contributed by atoms with E-state index in [9.17, 15) is 4.39 Å². The molecule has 5 nitrogen and oxygen atoms in total. The third-order valence-electron chi connectivity index (χ3n) is 5.34. The first-order valence-electron chi connectivity index (χ1n) is 10.1. The molecule has 4 rings (SSSR count). The highest BCUT2D eigenvalue weighted by atomic mass is 19.1. The molecule has 1 saturated carbocycles. The lowest BCUT2D eigenvalue weighted by atomic mass is 9.92. The van der Waals surface area contributed by atoms with Crippen LogP contribution in [-0.4, -0.2) is 22.1 Å². The van der Waals surface area contributed by atoms with Crippen molar-refractivity contribution in [3.63, 3.8) is 0 Å². The average Bonchev–Trinajstić information content (AvgIpc) is 2.74. The molecular weight excluding hydrogens is 365 g/mol. The largest absolute Gasteiger partial charge is 0.380 e. The van der Waals surface area contributed by atoms with Crippen molar-refractivity contribution in [3.8, 4) is 11.1 Å². The van der Waals surface area contributed by atoms with E-state index in [-0.39, 0.29) is 5.82 Å². The zero-order valence-corrected chi connectivity index (χ0v) is 16.3. The summed E-state index contributed by atoms with van der Waals surface area (Å²) in [7, 11) is 0. The van der Waals surface area contributed by atoms with E-state index < -0.39 is 0 Å². The predicted molar refractivity (Wildman–Crippen MR) is 115 cm³/mol. The second-order valence-electron chi connectivity index (χ2n) is 7.63. The van der Waals surface area contributed by atoms with Crippen molar-refractivity contribution < 1.29 is 4.39 Å². The molecule has 3 aromatic rings. The minimum atomic E-state index is -0.229. The Kier molecular flexibility index (Phi) is 6.00. The molecule has 0 radical (unpaired) electrons. The molecule has 2 heterocycles. The Labute approximate surface area is 170 Å². The lowest BCUT2D eigenvalue weighted by Crippen LogP contribution is -2.32. The quantitative estimate of drug-likeness (QED) is 0.574. The number of nitrogens with one attached hydrogen (secondary N) is 2. The van der Waals surface area contributed by atoms with Crippen LogP contribution < -0.4 is 16.4 Å². The van der Waals surface area contributed by atoms with Crippen molar-refractivity contribution in [3.05, 3.63) is 72.4 Å². The highest BCUT2D eigenvalue weighted by Gasteiger charge is 2.18. The predicted octanol–water partition coefficient (Wildman–Crippen LogP) is 4.58. The van der Waals surface area contributed by atoms with E-state index in [4.69, 9.17) is 5.73 Å². The molecule has 2 aromatic heterocycles. The van der Waals surface area contributed by atoms with Gasteiger partial charge in [-0.3, -0.25) is 4.98 Å². The van der Waals surface area contributed by atoms with Gasteiger partial charge in [0.15, 0.2) is 0 Å². The topological polar surface area (TPSA) is 75.9 Å². The lowest BCUT2D eigenvalue weighted by molar-refractivity contribution is 0.410. The summed E-state index contributed by atoms with van der Waals surface area (Å²) in [6, 6.07) is 13.4. The van der Waals surface area contributed by atoms with Gasteiger partial charge in [0.05, 0.1) is 5.69 Å². The highest BCUT2D eigenvalue weighted by molar-refractivity contribution is 5.69. The van der Waals surface area contributed by atoms with E-state index >= 15 is 0 Å². The molecule has 1 fully saturated rings. The van der Waals surface area contributed by atoms with Gasteiger partial charge in [0.2, 0.25) is 0 Å². The lowest BCUT2D eigenvalue weighted by Gasteiger charge is -2.27. The van der Waals surface area contributed by atoms with Crippen molar-refractivity contribution in [2.75, 3.05) is 10.6 Å². The van der Waals surface area contributed by atoms with E-state index in [0.717, 1.165) is 53.9 Å². The van der Waals surface area contributed by atoms with E-state index in [1.54, 1.807) is 12.3 Å². The van der Waals surface area contributed by atoms with Crippen molar-refractivity contribution in [2.24, 2.45) is 5.73 Å². The van der Waals surface area contributed by atoms with Gasteiger partial charge in [-0.1, -0.05) is 12.1 Å². The SMILES string of the molecule is NC1CCC(Nc2cc(-c3cncc(NCc4cccc(F)c4)c3)ccn2)CC1. The number of nitrogens with two attached hydrogens (primary N) is 1.